The number of hydrazone groups is 1. The third kappa shape index (κ3) is 5.17. The molecule has 3 aliphatic rings. The molecule has 8 heteroatoms. The van der Waals surface area contributed by atoms with Gasteiger partial charge in [-0.25, -0.2) is 0 Å². The van der Waals surface area contributed by atoms with E-state index in [0.29, 0.717) is 26.1 Å². The number of carbonyl (C=O) groups excluding carboxylic acids is 2. The van der Waals surface area contributed by atoms with Crippen molar-refractivity contribution in [1.82, 2.24) is 5.01 Å². The van der Waals surface area contributed by atoms with E-state index in [4.69, 9.17) is 9.47 Å². The van der Waals surface area contributed by atoms with E-state index < -0.39 is 31.8 Å². The smallest absolute Gasteiger partial charge is 0.310 e. The van der Waals surface area contributed by atoms with E-state index in [1.807, 2.05) is 27.1 Å². The van der Waals surface area contributed by atoms with Crippen molar-refractivity contribution in [3.63, 3.8) is 0 Å². The van der Waals surface area contributed by atoms with Gasteiger partial charge in [-0.05, 0) is 42.1 Å². The van der Waals surface area contributed by atoms with Crippen molar-refractivity contribution < 1.29 is 24.2 Å². The third-order valence-electron chi connectivity index (χ3n) is 6.19. The fraction of sp³-hybridized carbons (Fsp3) is 0.625. The molecule has 0 saturated heterocycles. The molecule has 176 valence electrons. The highest BCUT2D eigenvalue weighted by atomic mass is 28.3. The number of aromatic hydroxyl groups is 1. The molecule has 1 aromatic carbocycles. The molecule has 0 aromatic heterocycles. The minimum absolute atomic E-state index is 0.135. The van der Waals surface area contributed by atoms with Gasteiger partial charge in [0.2, 0.25) is 0 Å². The second-order valence-corrected chi connectivity index (χ2v) is 15.9. The molecule has 4 atom stereocenters. The molecule has 7 nitrogen and oxygen atoms in total. The highest BCUT2D eigenvalue weighted by Gasteiger charge is 2.57. The predicted molar refractivity (Wildman–Crippen MR) is 127 cm³/mol. The molecular weight excluding hydrogens is 424 g/mol. The molecule has 2 bridgehead atoms. The molecule has 3 aliphatic carbocycles. The SMILES string of the molecule is CCCOC(=O)[C@H]1[C@H](C(=O)OCC[Si](C)(C)C)C2CC(=NN(C)C)[C@H]1c1cc(O)ccc12. The van der Waals surface area contributed by atoms with Gasteiger partial charge in [0.15, 0.2) is 0 Å². The Morgan fingerprint density at radius 1 is 1.09 bits per heavy atom. The number of nitrogens with zero attached hydrogens (tertiary/aromatic N) is 2. The molecule has 1 fully saturated rings. The van der Waals surface area contributed by atoms with Crippen LogP contribution in [-0.2, 0) is 19.1 Å². The van der Waals surface area contributed by atoms with Crippen molar-refractivity contribution in [1.29, 1.82) is 0 Å². The lowest BCUT2D eigenvalue weighted by Crippen LogP contribution is -2.51. The zero-order chi connectivity index (χ0) is 23.6. The molecule has 4 rings (SSSR count). The van der Waals surface area contributed by atoms with Gasteiger partial charge in [-0.1, -0.05) is 32.6 Å². The summed E-state index contributed by atoms with van der Waals surface area (Å²) in [6.07, 6.45) is 1.28. The van der Waals surface area contributed by atoms with Gasteiger partial charge in [-0.3, -0.25) is 9.59 Å². The van der Waals surface area contributed by atoms with Crippen LogP contribution in [0.15, 0.2) is 23.3 Å². The van der Waals surface area contributed by atoms with Gasteiger partial charge >= 0.3 is 11.9 Å². The minimum atomic E-state index is -1.36. The normalized spacial score (nSPS) is 25.4. The number of hydrogen-bond acceptors (Lipinski definition) is 7. The maximum Gasteiger partial charge on any atom is 0.310 e. The maximum atomic E-state index is 13.4. The number of fused-ring (bicyclic) bond motifs is 2. The van der Waals surface area contributed by atoms with Crippen LogP contribution in [0.25, 0.3) is 0 Å². The molecule has 0 amide bonds. The van der Waals surface area contributed by atoms with Crippen molar-refractivity contribution in [2.75, 3.05) is 27.3 Å². The van der Waals surface area contributed by atoms with Gasteiger partial charge in [-0.15, -0.1) is 0 Å². The summed E-state index contributed by atoms with van der Waals surface area (Å²) >= 11 is 0. The van der Waals surface area contributed by atoms with Crippen LogP contribution < -0.4 is 0 Å². The first-order valence-corrected chi connectivity index (χ1v) is 15.1. The van der Waals surface area contributed by atoms with Crippen LogP contribution in [0.2, 0.25) is 25.7 Å². The van der Waals surface area contributed by atoms with Gasteiger partial charge < -0.3 is 19.6 Å². The Morgan fingerprint density at radius 2 is 1.75 bits per heavy atom. The number of phenols is 1. The summed E-state index contributed by atoms with van der Waals surface area (Å²) in [4.78, 5) is 26.6. The lowest BCUT2D eigenvalue weighted by molar-refractivity contribution is -0.163. The Labute approximate surface area is 191 Å². The number of esters is 2. The lowest BCUT2D eigenvalue weighted by Gasteiger charge is -2.47. The Balaban J connectivity index is 2.03. The van der Waals surface area contributed by atoms with Gasteiger partial charge in [0, 0.05) is 39.7 Å². The van der Waals surface area contributed by atoms with Crippen LogP contribution in [-0.4, -0.2) is 63.1 Å². The van der Waals surface area contributed by atoms with Crippen molar-refractivity contribution in [3.8, 4) is 5.75 Å². The van der Waals surface area contributed by atoms with Gasteiger partial charge in [-0.2, -0.15) is 5.10 Å². The first kappa shape index (κ1) is 24.3. The fourth-order valence-corrected chi connectivity index (χ4v) is 5.51. The molecule has 1 aromatic rings. The van der Waals surface area contributed by atoms with Crippen LogP contribution in [0, 0.1) is 11.8 Å². The summed E-state index contributed by atoms with van der Waals surface area (Å²) in [7, 11) is 2.32. The molecule has 1 saturated carbocycles. The largest absolute Gasteiger partial charge is 0.508 e. The number of benzene rings is 1. The number of ether oxygens (including phenoxy) is 2. The van der Waals surface area contributed by atoms with E-state index in [1.54, 1.807) is 17.1 Å². The first-order valence-electron chi connectivity index (χ1n) is 11.4. The number of rotatable bonds is 8. The fourth-order valence-electron chi connectivity index (χ4n) is 4.80. The van der Waals surface area contributed by atoms with Gasteiger partial charge in [0.1, 0.15) is 5.75 Å². The minimum Gasteiger partial charge on any atom is -0.508 e. The van der Waals surface area contributed by atoms with Crippen LogP contribution in [0.1, 0.15) is 42.7 Å². The average Bonchev–Trinajstić information content (AvgIpc) is 2.69. The second-order valence-electron chi connectivity index (χ2n) is 10.2. The molecule has 1 N–H and O–H groups in total. The monoisotopic (exact) mass is 460 g/mol. The Bertz CT molecular complexity index is 893. The van der Waals surface area contributed by atoms with Crippen LogP contribution in [0.4, 0.5) is 0 Å². The van der Waals surface area contributed by atoms with Crippen LogP contribution >= 0.6 is 0 Å². The molecule has 1 unspecified atom stereocenters. The van der Waals surface area contributed by atoms with E-state index in [9.17, 15) is 14.7 Å². The molecule has 0 spiro atoms. The van der Waals surface area contributed by atoms with Gasteiger partial charge in [0.25, 0.3) is 0 Å². The van der Waals surface area contributed by atoms with E-state index in [2.05, 4.69) is 24.7 Å². The second kappa shape index (κ2) is 9.64. The van der Waals surface area contributed by atoms with Crippen LogP contribution in [0.3, 0.4) is 0 Å². The van der Waals surface area contributed by atoms with E-state index in [0.717, 1.165) is 22.9 Å². The topological polar surface area (TPSA) is 88.4 Å². The first-order chi connectivity index (χ1) is 15.0. The Morgan fingerprint density at radius 3 is 2.38 bits per heavy atom. The van der Waals surface area contributed by atoms with Crippen LogP contribution in [0.5, 0.6) is 5.75 Å². The number of phenolic OH excluding ortho intramolecular Hbond substituents is 1. The molecule has 32 heavy (non-hydrogen) atoms. The van der Waals surface area contributed by atoms with Gasteiger partial charge in [0.05, 0.1) is 25.0 Å². The predicted octanol–water partition coefficient (Wildman–Crippen LogP) is 3.96. The van der Waals surface area contributed by atoms with Crippen molar-refractivity contribution in [3.05, 3.63) is 29.3 Å². The lowest BCUT2D eigenvalue weighted by atomic mass is 9.55. The molecule has 0 radical (unpaired) electrons. The summed E-state index contributed by atoms with van der Waals surface area (Å²) < 4.78 is 11.3. The van der Waals surface area contributed by atoms with Crippen molar-refractivity contribution in [2.45, 2.75) is 57.3 Å². The van der Waals surface area contributed by atoms with Crippen molar-refractivity contribution >= 4 is 25.7 Å². The summed E-state index contributed by atoms with van der Waals surface area (Å²) in [6.45, 7) is 9.33. The zero-order valence-corrected chi connectivity index (χ0v) is 21.1. The Kier molecular flexibility index (Phi) is 7.32. The van der Waals surface area contributed by atoms with Crippen molar-refractivity contribution in [2.24, 2.45) is 16.9 Å². The third-order valence-corrected chi connectivity index (χ3v) is 7.89. The molecule has 0 heterocycles. The summed E-state index contributed by atoms with van der Waals surface area (Å²) in [6, 6.07) is 6.08. The van der Waals surface area contributed by atoms with E-state index >= 15 is 0 Å². The number of carbonyl (C=O) groups is 2. The standard InChI is InChI=1S/C24H36N2O5Si/c1-7-10-30-24(29)22-20-17-13-15(27)8-9-16(17)18(14-19(20)25-26(2)3)21(22)23(28)31-11-12-32(4,5)6/h8-9,13,18,20-22,27H,7,10-12,14H2,1-6H3/t18?,20-,21-,22-/m1/s1. The summed E-state index contributed by atoms with van der Waals surface area (Å²) in [5.74, 6) is -2.60. The average molecular weight is 461 g/mol. The maximum absolute atomic E-state index is 13.4. The molecule has 0 aliphatic heterocycles. The van der Waals surface area contributed by atoms with E-state index in [-0.39, 0.29) is 17.6 Å². The summed E-state index contributed by atoms with van der Waals surface area (Å²) in [5, 5.41) is 16.5. The highest BCUT2D eigenvalue weighted by molar-refractivity contribution is 6.76. The number of hydrogen-bond donors (Lipinski definition) is 1. The highest BCUT2D eigenvalue weighted by Crippen LogP contribution is 2.55. The Hall–Kier alpha value is -2.35. The van der Waals surface area contributed by atoms with E-state index in [1.165, 1.54) is 0 Å². The molecular formula is C24H36N2O5Si. The zero-order valence-electron chi connectivity index (χ0n) is 20.1. The summed E-state index contributed by atoms with van der Waals surface area (Å²) in [5.41, 5.74) is 2.67. The quantitative estimate of drug-likeness (QED) is 0.359.